The van der Waals surface area contributed by atoms with Crippen molar-refractivity contribution in [1.82, 2.24) is 10.3 Å². The van der Waals surface area contributed by atoms with E-state index >= 15 is 0 Å². The summed E-state index contributed by atoms with van der Waals surface area (Å²) in [6, 6.07) is 4.06. The predicted molar refractivity (Wildman–Crippen MR) is 62.7 cm³/mol. The highest BCUT2D eigenvalue weighted by atomic mass is 32.2. The van der Waals surface area contributed by atoms with Crippen molar-refractivity contribution in [2.75, 3.05) is 12.3 Å². The SMILES string of the molecule is CC(C)(C)NCCSc1cccnc1. The van der Waals surface area contributed by atoms with Crippen LogP contribution in [0.5, 0.6) is 0 Å². The van der Waals surface area contributed by atoms with Gasteiger partial charge in [-0.1, -0.05) is 0 Å². The van der Waals surface area contributed by atoms with Crippen molar-refractivity contribution in [3.05, 3.63) is 24.5 Å². The zero-order valence-electron chi connectivity index (χ0n) is 9.08. The first kappa shape index (κ1) is 11.5. The van der Waals surface area contributed by atoms with Crippen LogP contribution in [0.25, 0.3) is 0 Å². The summed E-state index contributed by atoms with van der Waals surface area (Å²) < 4.78 is 0. The molecule has 1 heterocycles. The summed E-state index contributed by atoms with van der Waals surface area (Å²) in [4.78, 5) is 5.31. The van der Waals surface area contributed by atoms with E-state index in [-0.39, 0.29) is 5.54 Å². The lowest BCUT2D eigenvalue weighted by Crippen LogP contribution is -2.37. The highest BCUT2D eigenvalue weighted by Crippen LogP contribution is 2.14. The number of thioether (sulfide) groups is 1. The highest BCUT2D eigenvalue weighted by molar-refractivity contribution is 7.99. The number of nitrogens with one attached hydrogen (secondary N) is 1. The van der Waals surface area contributed by atoms with Crippen LogP contribution >= 0.6 is 11.8 Å². The Bertz CT molecular complexity index is 254. The van der Waals surface area contributed by atoms with Crippen LogP contribution in [0.3, 0.4) is 0 Å². The number of nitrogens with zero attached hydrogens (tertiary/aromatic N) is 1. The zero-order chi connectivity index (χ0) is 10.4. The number of aromatic nitrogens is 1. The van der Waals surface area contributed by atoms with E-state index in [1.54, 1.807) is 6.20 Å². The van der Waals surface area contributed by atoms with Crippen molar-refractivity contribution in [2.45, 2.75) is 31.2 Å². The van der Waals surface area contributed by atoms with Crippen molar-refractivity contribution < 1.29 is 0 Å². The summed E-state index contributed by atoms with van der Waals surface area (Å²) in [5.41, 5.74) is 0.218. The summed E-state index contributed by atoms with van der Waals surface area (Å²) in [5, 5.41) is 3.45. The van der Waals surface area contributed by atoms with E-state index in [1.807, 2.05) is 24.0 Å². The molecule has 1 rings (SSSR count). The van der Waals surface area contributed by atoms with E-state index in [2.05, 4.69) is 37.1 Å². The minimum atomic E-state index is 0.218. The second-order valence-electron chi connectivity index (χ2n) is 4.21. The topological polar surface area (TPSA) is 24.9 Å². The number of pyridine rings is 1. The Kier molecular flexibility index (Phi) is 4.42. The average Bonchev–Trinajstić information content (AvgIpc) is 2.13. The quantitative estimate of drug-likeness (QED) is 0.610. The van der Waals surface area contributed by atoms with Gasteiger partial charge in [0.15, 0.2) is 0 Å². The molecule has 1 aromatic rings. The maximum atomic E-state index is 4.07. The van der Waals surface area contributed by atoms with E-state index < -0.39 is 0 Å². The lowest BCUT2D eigenvalue weighted by Gasteiger charge is -2.20. The fourth-order valence-electron chi connectivity index (χ4n) is 1.03. The van der Waals surface area contributed by atoms with E-state index in [0.717, 1.165) is 12.3 Å². The summed E-state index contributed by atoms with van der Waals surface area (Å²) in [6.07, 6.45) is 3.71. The van der Waals surface area contributed by atoms with Gasteiger partial charge in [-0.3, -0.25) is 4.98 Å². The van der Waals surface area contributed by atoms with Gasteiger partial charge in [-0.2, -0.15) is 0 Å². The normalized spacial score (nSPS) is 11.6. The van der Waals surface area contributed by atoms with Crippen LogP contribution < -0.4 is 5.32 Å². The van der Waals surface area contributed by atoms with Crippen molar-refractivity contribution in [3.8, 4) is 0 Å². The first-order chi connectivity index (χ1) is 6.58. The van der Waals surface area contributed by atoms with Crippen molar-refractivity contribution >= 4 is 11.8 Å². The number of hydrogen-bond acceptors (Lipinski definition) is 3. The van der Waals surface area contributed by atoms with Crippen molar-refractivity contribution in [1.29, 1.82) is 0 Å². The fourth-order valence-corrected chi connectivity index (χ4v) is 1.78. The molecule has 0 fully saturated rings. The molecule has 0 radical (unpaired) electrons. The molecule has 0 aliphatic heterocycles. The Labute approximate surface area is 90.5 Å². The second-order valence-corrected chi connectivity index (χ2v) is 5.38. The molecule has 0 unspecified atom stereocenters. The van der Waals surface area contributed by atoms with E-state index in [1.165, 1.54) is 4.90 Å². The van der Waals surface area contributed by atoms with Gasteiger partial charge < -0.3 is 5.32 Å². The first-order valence-corrected chi connectivity index (χ1v) is 5.84. The molecule has 0 aliphatic rings. The minimum absolute atomic E-state index is 0.218. The van der Waals surface area contributed by atoms with Gasteiger partial charge in [0.2, 0.25) is 0 Å². The Morgan fingerprint density at radius 2 is 2.21 bits per heavy atom. The highest BCUT2D eigenvalue weighted by Gasteiger charge is 2.07. The van der Waals surface area contributed by atoms with Gasteiger partial charge in [-0.25, -0.2) is 0 Å². The molecule has 3 heteroatoms. The molecule has 1 aromatic heterocycles. The maximum absolute atomic E-state index is 4.07. The molecule has 0 atom stereocenters. The lowest BCUT2D eigenvalue weighted by atomic mass is 10.1. The van der Waals surface area contributed by atoms with Crippen LogP contribution in [0.4, 0.5) is 0 Å². The Morgan fingerprint density at radius 3 is 2.79 bits per heavy atom. The summed E-state index contributed by atoms with van der Waals surface area (Å²) in [6.45, 7) is 7.58. The van der Waals surface area contributed by atoms with Crippen LogP contribution in [-0.4, -0.2) is 22.8 Å². The van der Waals surface area contributed by atoms with Crippen LogP contribution in [-0.2, 0) is 0 Å². The smallest absolute Gasteiger partial charge is 0.0403 e. The van der Waals surface area contributed by atoms with Crippen LogP contribution in [0, 0.1) is 0 Å². The number of hydrogen-bond donors (Lipinski definition) is 1. The van der Waals surface area contributed by atoms with Crippen LogP contribution in [0.2, 0.25) is 0 Å². The molecule has 2 nitrogen and oxygen atoms in total. The largest absolute Gasteiger partial charge is 0.311 e. The first-order valence-electron chi connectivity index (χ1n) is 4.86. The molecule has 0 spiro atoms. The Balaban J connectivity index is 2.17. The Hall–Kier alpha value is -0.540. The molecule has 0 aromatic carbocycles. The van der Waals surface area contributed by atoms with Crippen molar-refractivity contribution in [3.63, 3.8) is 0 Å². The molecular formula is C11H18N2S. The predicted octanol–water partition coefficient (Wildman–Crippen LogP) is 2.56. The van der Waals surface area contributed by atoms with Gasteiger partial charge in [0, 0.05) is 35.1 Å². The fraction of sp³-hybridized carbons (Fsp3) is 0.545. The third-order valence-electron chi connectivity index (χ3n) is 1.66. The van der Waals surface area contributed by atoms with E-state index in [4.69, 9.17) is 0 Å². The monoisotopic (exact) mass is 210 g/mol. The zero-order valence-corrected chi connectivity index (χ0v) is 9.90. The van der Waals surface area contributed by atoms with Gasteiger partial charge in [0.25, 0.3) is 0 Å². The second kappa shape index (κ2) is 5.37. The maximum Gasteiger partial charge on any atom is 0.0403 e. The molecule has 0 saturated heterocycles. The molecule has 14 heavy (non-hydrogen) atoms. The van der Waals surface area contributed by atoms with Gasteiger partial charge in [0.05, 0.1) is 0 Å². The van der Waals surface area contributed by atoms with Gasteiger partial charge in [0.1, 0.15) is 0 Å². The summed E-state index contributed by atoms with van der Waals surface area (Å²) >= 11 is 1.84. The Morgan fingerprint density at radius 1 is 1.43 bits per heavy atom. The molecule has 0 saturated carbocycles. The van der Waals surface area contributed by atoms with Crippen LogP contribution in [0.1, 0.15) is 20.8 Å². The minimum Gasteiger partial charge on any atom is -0.311 e. The molecule has 0 aliphatic carbocycles. The third-order valence-corrected chi connectivity index (χ3v) is 2.64. The van der Waals surface area contributed by atoms with E-state index in [9.17, 15) is 0 Å². The molecular weight excluding hydrogens is 192 g/mol. The lowest BCUT2D eigenvalue weighted by molar-refractivity contribution is 0.441. The van der Waals surface area contributed by atoms with Gasteiger partial charge in [-0.05, 0) is 32.9 Å². The number of rotatable bonds is 4. The standard InChI is InChI=1S/C11H18N2S/c1-11(2,3)13-7-8-14-10-5-4-6-12-9-10/h4-6,9,13H,7-8H2,1-3H3. The summed E-state index contributed by atoms with van der Waals surface area (Å²) in [7, 11) is 0. The summed E-state index contributed by atoms with van der Waals surface area (Å²) in [5.74, 6) is 1.09. The molecule has 78 valence electrons. The van der Waals surface area contributed by atoms with Gasteiger partial charge >= 0.3 is 0 Å². The average molecular weight is 210 g/mol. The molecule has 1 N–H and O–H groups in total. The molecule has 0 amide bonds. The third kappa shape index (κ3) is 5.25. The van der Waals surface area contributed by atoms with Gasteiger partial charge in [-0.15, -0.1) is 11.8 Å². The molecule has 0 bridgehead atoms. The van der Waals surface area contributed by atoms with Crippen molar-refractivity contribution in [2.24, 2.45) is 0 Å². The van der Waals surface area contributed by atoms with Crippen LogP contribution in [0.15, 0.2) is 29.4 Å². The van der Waals surface area contributed by atoms with E-state index in [0.29, 0.717) is 0 Å².